The summed E-state index contributed by atoms with van der Waals surface area (Å²) in [5.74, 6) is 0.784. The van der Waals surface area contributed by atoms with Crippen LogP contribution in [0.2, 0.25) is 0 Å². The van der Waals surface area contributed by atoms with Crippen molar-refractivity contribution in [2.45, 2.75) is 59.4 Å². The predicted octanol–water partition coefficient (Wildman–Crippen LogP) is 4.52. The van der Waals surface area contributed by atoms with E-state index in [2.05, 4.69) is 49.0 Å². The molecule has 22 heavy (non-hydrogen) atoms. The van der Waals surface area contributed by atoms with Crippen LogP contribution in [0.1, 0.15) is 63.0 Å². The van der Waals surface area contributed by atoms with Gasteiger partial charge in [-0.3, -0.25) is 9.78 Å². The maximum Gasteiger partial charge on any atom is 0.181 e. The minimum Gasteiger partial charge on any atom is -0.364 e. The quantitative estimate of drug-likeness (QED) is 0.825. The number of fused-ring (bicyclic) bond motifs is 1. The van der Waals surface area contributed by atoms with E-state index in [-0.39, 0.29) is 11.3 Å². The number of Topliss-reactive ketones (excluding diaryl/α,β-unsaturated/α-hetero) is 1. The number of anilines is 1. The first-order chi connectivity index (χ1) is 10.3. The van der Waals surface area contributed by atoms with Gasteiger partial charge in [0.25, 0.3) is 0 Å². The zero-order chi connectivity index (χ0) is 16.3. The third-order valence-electron chi connectivity index (χ3n) is 3.34. The molecule has 4 heteroatoms. The zero-order valence-corrected chi connectivity index (χ0v) is 14.2. The van der Waals surface area contributed by atoms with E-state index in [9.17, 15) is 4.79 Å². The van der Waals surface area contributed by atoms with E-state index in [1.165, 1.54) is 0 Å². The number of unbranched alkanes of at least 4 members (excludes halogenated alkanes) is 1. The van der Waals surface area contributed by atoms with Crippen molar-refractivity contribution >= 4 is 22.5 Å². The van der Waals surface area contributed by atoms with Crippen LogP contribution in [0.15, 0.2) is 18.3 Å². The highest BCUT2D eigenvalue weighted by atomic mass is 16.1. The van der Waals surface area contributed by atoms with E-state index < -0.39 is 0 Å². The highest BCUT2D eigenvalue weighted by molar-refractivity contribution is 6.00. The molecule has 2 aromatic heterocycles. The van der Waals surface area contributed by atoms with Crippen LogP contribution in [0.3, 0.4) is 0 Å². The SMILES string of the molecule is CCCCC(=O)c1cc2cc(C)cnc2c(NC(C)(C)C)n1. The Morgan fingerprint density at radius 1 is 1.27 bits per heavy atom. The van der Waals surface area contributed by atoms with E-state index in [1.807, 2.05) is 19.2 Å². The molecule has 0 fully saturated rings. The second kappa shape index (κ2) is 6.42. The number of hydrogen-bond acceptors (Lipinski definition) is 4. The summed E-state index contributed by atoms with van der Waals surface area (Å²) < 4.78 is 0. The smallest absolute Gasteiger partial charge is 0.181 e. The van der Waals surface area contributed by atoms with Crippen LogP contribution in [-0.2, 0) is 0 Å². The van der Waals surface area contributed by atoms with Crippen LogP contribution in [0, 0.1) is 6.92 Å². The van der Waals surface area contributed by atoms with Gasteiger partial charge < -0.3 is 5.32 Å². The number of nitrogens with zero attached hydrogens (tertiary/aromatic N) is 2. The van der Waals surface area contributed by atoms with E-state index in [1.54, 1.807) is 0 Å². The molecule has 0 radical (unpaired) electrons. The van der Waals surface area contributed by atoms with Gasteiger partial charge in [0.15, 0.2) is 11.6 Å². The maximum absolute atomic E-state index is 12.3. The largest absolute Gasteiger partial charge is 0.364 e. The number of aryl methyl sites for hydroxylation is 1. The van der Waals surface area contributed by atoms with Crippen molar-refractivity contribution in [1.29, 1.82) is 0 Å². The van der Waals surface area contributed by atoms with E-state index >= 15 is 0 Å². The summed E-state index contributed by atoms with van der Waals surface area (Å²) >= 11 is 0. The summed E-state index contributed by atoms with van der Waals surface area (Å²) in [5, 5.41) is 4.33. The Morgan fingerprint density at radius 3 is 2.64 bits per heavy atom. The molecule has 0 atom stereocenters. The van der Waals surface area contributed by atoms with E-state index in [0.717, 1.165) is 29.3 Å². The average Bonchev–Trinajstić information content (AvgIpc) is 2.42. The van der Waals surface area contributed by atoms with Gasteiger partial charge in [0.2, 0.25) is 0 Å². The van der Waals surface area contributed by atoms with Gasteiger partial charge in [-0.05, 0) is 51.8 Å². The predicted molar refractivity (Wildman–Crippen MR) is 91.5 cm³/mol. The molecule has 0 saturated carbocycles. The first-order valence-electron chi connectivity index (χ1n) is 7.89. The number of aromatic nitrogens is 2. The molecule has 118 valence electrons. The standard InChI is InChI=1S/C18H25N3O/c1-6-7-8-15(22)14-10-13-9-12(2)11-19-16(13)17(20-14)21-18(3,4)5/h9-11H,6-8H2,1-5H3,(H,20,21). The number of carbonyl (C=O) groups is 1. The molecule has 1 N–H and O–H groups in total. The Kier molecular flexibility index (Phi) is 4.79. The average molecular weight is 299 g/mol. The summed E-state index contributed by atoms with van der Waals surface area (Å²) in [5.41, 5.74) is 2.28. The molecular weight excluding hydrogens is 274 g/mol. The van der Waals surface area contributed by atoms with Crippen LogP contribution >= 0.6 is 0 Å². The van der Waals surface area contributed by atoms with Gasteiger partial charge in [-0.15, -0.1) is 0 Å². The summed E-state index contributed by atoms with van der Waals surface area (Å²) in [4.78, 5) is 21.4. The maximum atomic E-state index is 12.3. The number of pyridine rings is 2. The van der Waals surface area contributed by atoms with Crippen molar-refractivity contribution in [2.75, 3.05) is 5.32 Å². The van der Waals surface area contributed by atoms with Crippen molar-refractivity contribution < 1.29 is 4.79 Å². The lowest BCUT2D eigenvalue weighted by Gasteiger charge is -2.22. The van der Waals surface area contributed by atoms with Crippen LogP contribution in [0.5, 0.6) is 0 Å². The molecule has 2 aromatic rings. The Labute approximate surface area is 132 Å². The second-order valence-corrected chi connectivity index (χ2v) is 6.84. The minimum atomic E-state index is -0.141. The Balaban J connectivity index is 2.52. The number of ketones is 1. The number of nitrogens with one attached hydrogen (secondary N) is 1. The zero-order valence-electron chi connectivity index (χ0n) is 14.2. The lowest BCUT2D eigenvalue weighted by Crippen LogP contribution is -2.27. The highest BCUT2D eigenvalue weighted by Gasteiger charge is 2.17. The lowest BCUT2D eigenvalue weighted by molar-refractivity contribution is 0.0975. The molecular formula is C18H25N3O. The van der Waals surface area contributed by atoms with Crippen LogP contribution in [0.25, 0.3) is 10.9 Å². The highest BCUT2D eigenvalue weighted by Crippen LogP contribution is 2.25. The fraction of sp³-hybridized carbons (Fsp3) is 0.500. The summed E-state index contributed by atoms with van der Waals surface area (Å²) in [6, 6.07) is 3.91. The van der Waals surface area contributed by atoms with Crippen LogP contribution < -0.4 is 5.32 Å². The minimum absolute atomic E-state index is 0.0993. The monoisotopic (exact) mass is 299 g/mol. The molecule has 0 spiro atoms. The van der Waals surface area contributed by atoms with Gasteiger partial charge in [-0.2, -0.15) is 0 Å². The number of rotatable bonds is 5. The van der Waals surface area contributed by atoms with Gasteiger partial charge in [-0.25, -0.2) is 4.98 Å². The van der Waals surface area contributed by atoms with Crippen molar-refractivity contribution in [3.05, 3.63) is 29.6 Å². The fourth-order valence-corrected chi connectivity index (χ4v) is 2.30. The van der Waals surface area contributed by atoms with Gasteiger partial charge in [0, 0.05) is 23.5 Å². The topological polar surface area (TPSA) is 54.9 Å². The number of carbonyl (C=O) groups excluding carboxylic acids is 1. The van der Waals surface area contributed by atoms with Gasteiger partial charge in [0.1, 0.15) is 11.2 Å². The third kappa shape index (κ3) is 4.03. The first kappa shape index (κ1) is 16.4. The molecule has 0 aliphatic heterocycles. The molecule has 0 saturated heterocycles. The Morgan fingerprint density at radius 2 is 2.00 bits per heavy atom. The molecule has 2 heterocycles. The molecule has 4 nitrogen and oxygen atoms in total. The molecule has 0 amide bonds. The normalized spacial score (nSPS) is 11.7. The Bertz CT molecular complexity index is 687. The second-order valence-electron chi connectivity index (χ2n) is 6.84. The summed E-state index contributed by atoms with van der Waals surface area (Å²) in [6.45, 7) is 10.3. The van der Waals surface area contributed by atoms with Crippen molar-refractivity contribution in [3.8, 4) is 0 Å². The van der Waals surface area contributed by atoms with Crippen LogP contribution in [-0.4, -0.2) is 21.3 Å². The molecule has 0 aromatic carbocycles. The molecule has 0 unspecified atom stereocenters. The van der Waals surface area contributed by atoms with E-state index in [0.29, 0.717) is 17.9 Å². The molecule has 0 aliphatic carbocycles. The molecule has 0 bridgehead atoms. The first-order valence-corrected chi connectivity index (χ1v) is 7.89. The van der Waals surface area contributed by atoms with Gasteiger partial charge in [-0.1, -0.05) is 13.3 Å². The van der Waals surface area contributed by atoms with Crippen molar-refractivity contribution in [2.24, 2.45) is 0 Å². The summed E-state index contributed by atoms with van der Waals surface area (Å²) in [6.07, 6.45) is 4.28. The van der Waals surface area contributed by atoms with Gasteiger partial charge >= 0.3 is 0 Å². The van der Waals surface area contributed by atoms with Gasteiger partial charge in [0.05, 0.1) is 0 Å². The Hall–Kier alpha value is -1.97. The molecule has 0 aliphatic rings. The number of hydrogen-bond donors (Lipinski definition) is 1. The molecule has 2 rings (SSSR count). The van der Waals surface area contributed by atoms with Crippen molar-refractivity contribution in [1.82, 2.24) is 9.97 Å². The summed E-state index contributed by atoms with van der Waals surface area (Å²) in [7, 11) is 0. The third-order valence-corrected chi connectivity index (χ3v) is 3.34. The lowest BCUT2D eigenvalue weighted by atomic mass is 10.1. The van der Waals surface area contributed by atoms with E-state index in [4.69, 9.17) is 0 Å². The van der Waals surface area contributed by atoms with Crippen LogP contribution in [0.4, 0.5) is 5.82 Å². The van der Waals surface area contributed by atoms with Crippen molar-refractivity contribution in [3.63, 3.8) is 0 Å². The fourth-order valence-electron chi connectivity index (χ4n) is 2.30.